The van der Waals surface area contributed by atoms with Gasteiger partial charge in [-0.1, -0.05) is 29.5 Å². The number of amides is 1. The highest BCUT2D eigenvalue weighted by Crippen LogP contribution is 2.42. The Balaban J connectivity index is 1.71. The number of hydrogen-bond donors (Lipinski definition) is 0. The number of benzene rings is 2. The Bertz CT molecular complexity index is 1180. The molecule has 2 aromatic rings. The third-order valence-corrected chi connectivity index (χ3v) is 6.09. The summed E-state index contributed by atoms with van der Waals surface area (Å²) in [4.78, 5) is 42.8. The zero-order chi connectivity index (χ0) is 23.5. The highest BCUT2D eigenvalue weighted by molar-refractivity contribution is 8.19. The molecule has 1 atom stereocenters. The number of thioether (sulfide) groups is 1. The molecular formula is C24H21NO7S. The fourth-order valence-electron chi connectivity index (χ4n) is 3.33. The molecule has 0 aromatic heterocycles. The number of allylic oxidation sites excluding steroid dienone is 1. The molecule has 33 heavy (non-hydrogen) atoms. The molecule has 8 nitrogen and oxygen atoms in total. The molecule has 9 heteroatoms. The Morgan fingerprint density at radius 2 is 1.88 bits per heavy atom. The Labute approximate surface area is 194 Å². The van der Waals surface area contributed by atoms with Crippen LogP contribution >= 0.6 is 11.8 Å². The van der Waals surface area contributed by atoms with E-state index in [2.05, 4.69) is 4.99 Å². The lowest BCUT2D eigenvalue weighted by Gasteiger charge is -2.08. The Hall–Kier alpha value is -3.59. The quantitative estimate of drug-likeness (QED) is 0.372. The van der Waals surface area contributed by atoms with Crippen LogP contribution in [0.2, 0.25) is 0 Å². The van der Waals surface area contributed by atoms with Crippen molar-refractivity contribution >= 4 is 40.5 Å². The van der Waals surface area contributed by atoms with Crippen molar-refractivity contribution in [3.63, 3.8) is 0 Å². The largest absolute Gasteiger partial charge is 0.496 e. The van der Waals surface area contributed by atoms with Crippen LogP contribution < -0.4 is 14.2 Å². The van der Waals surface area contributed by atoms with E-state index in [1.165, 1.54) is 7.11 Å². The number of fused-ring (bicyclic) bond motifs is 1. The van der Waals surface area contributed by atoms with Crippen molar-refractivity contribution in [3.8, 4) is 17.2 Å². The number of rotatable bonds is 5. The second-order valence-electron chi connectivity index (χ2n) is 7.23. The number of esters is 1. The van der Waals surface area contributed by atoms with Crippen LogP contribution in [0.15, 0.2) is 46.3 Å². The van der Waals surface area contributed by atoms with Gasteiger partial charge in [-0.05, 0) is 38.1 Å². The van der Waals surface area contributed by atoms with Gasteiger partial charge in [0.2, 0.25) is 6.79 Å². The van der Waals surface area contributed by atoms with Gasteiger partial charge in [-0.15, -0.1) is 0 Å². The molecule has 1 fully saturated rings. The Morgan fingerprint density at radius 1 is 1.18 bits per heavy atom. The summed E-state index contributed by atoms with van der Waals surface area (Å²) >= 11 is 0.967. The average molecular weight is 467 g/mol. The van der Waals surface area contributed by atoms with Crippen LogP contribution in [0.4, 0.5) is 0 Å². The first-order valence-corrected chi connectivity index (χ1v) is 11.0. The molecule has 1 amide bonds. The molecule has 2 heterocycles. The Kier molecular flexibility index (Phi) is 6.50. The molecule has 0 bridgehead atoms. The van der Waals surface area contributed by atoms with Gasteiger partial charge >= 0.3 is 5.97 Å². The number of Topliss-reactive ketones (excluding diaryl/α,β-unsaturated/α-hetero) is 1. The molecule has 1 unspecified atom stereocenters. The molecule has 0 aliphatic carbocycles. The van der Waals surface area contributed by atoms with Gasteiger partial charge in [-0.25, -0.2) is 4.99 Å². The van der Waals surface area contributed by atoms with Gasteiger partial charge in [0.1, 0.15) is 10.8 Å². The van der Waals surface area contributed by atoms with E-state index in [9.17, 15) is 14.4 Å². The maximum absolute atomic E-state index is 13.2. The lowest BCUT2D eigenvalue weighted by Crippen LogP contribution is -2.27. The van der Waals surface area contributed by atoms with Crippen molar-refractivity contribution in [2.75, 3.05) is 20.5 Å². The minimum Gasteiger partial charge on any atom is -0.496 e. The molecule has 2 aliphatic rings. The zero-order valence-electron chi connectivity index (χ0n) is 18.2. The average Bonchev–Trinajstić information content (AvgIpc) is 3.37. The summed E-state index contributed by atoms with van der Waals surface area (Å²) in [5, 5.41) is 0.0787. The number of aryl methyl sites for hydroxylation is 1. The Morgan fingerprint density at radius 3 is 2.55 bits per heavy atom. The van der Waals surface area contributed by atoms with Crippen molar-refractivity contribution in [3.05, 3.63) is 58.0 Å². The number of nitrogens with zero attached hydrogens (tertiary/aromatic N) is 1. The van der Waals surface area contributed by atoms with Crippen molar-refractivity contribution in [1.82, 2.24) is 0 Å². The van der Waals surface area contributed by atoms with E-state index in [0.717, 1.165) is 17.3 Å². The van der Waals surface area contributed by atoms with E-state index in [4.69, 9.17) is 18.9 Å². The molecule has 2 aliphatic heterocycles. The van der Waals surface area contributed by atoms with Gasteiger partial charge in [-0.3, -0.25) is 14.4 Å². The van der Waals surface area contributed by atoms with Crippen molar-refractivity contribution in [2.45, 2.75) is 13.8 Å². The number of ether oxygens (including phenoxy) is 4. The maximum atomic E-state index is 13.2. The van der Waals surface area contributed by atoms with E-state index >= 15 is 0 Å². The molecule has 0 N–H and O–H groups in total. The van der Waals surface area contributed by atoms with Crippen molar-refractivity contribution < 1.29 is 33.3 Å². The number of carbonyl (C=O) groups is 3. The smallest absolute Gasteiger partial charge is 0.323 e. The third kappa shape index (κ3) is 4.63. The van der Waals surface area contributed by atoms with Crippen LogP contribution in [0, 0.1) is 12.8 Å². The van der Waals surface area contributed by atoms with Gasteiger partial charge in [0.05, 0.1) is 18.6 Å². The topological polar surface area (TPSA) is 100 Å². The van der Waals surface area contributed by atoms with Gasteiger partial charge in [0, 0.05) is 17.2 Å². The summed E-state index contributed by atoms with van der Waals surface area (Å²) in [5.41, 5.74) is 1.92. The fraction of sp³-hybridized carbons (Fsp3) is 0.250. The third-order valence-electron chi connectivity index (χ3n) is 5.01. The molecule has 170 valence electrons. The predicted octanol–water partition coefficient (Wildman–Crippen LogP) is 3.81. The molecule has 0 radical (unpaired) electrons. The highest BCUT2D eigenvalue weighted by atomic mass is 32.2. The van der Waals surface area contributed by atoms with E-state index in [1.807, 2.05) is 6.92 Å². The van der Waals surface area contributed by atoms with Crippen LogP contribution in [-0.2, 0) is 14.3 Å². The van der Waals surface area contributed by atoms with Crippen LogP contribution in [0.3, 0.4) is 0 Å². The second-order valence-corrected chi connectivity index (χ2v) is 8.29. The minimum absolute atomic E-state index is 0.0787. The van der Waals surface area contributed by atoms with Crippen LogP contribution in [0.1, 0.15) is 28.4 Å². The summed E-state index contributed by atoms with van der Waals surface area (Å²) < 4.78 is 21.3. The number of hydrogen-bond acceptors (Lipinski definition) is 8. The molecule has 2 aromatic carbocycles. The first-order chi connectivity index (χ1) is 15.9. The highest BCUT2D eigenvalue weighted by Gasteiger charge is 2.43. The fourth-order valence-corrected chi connectivity index (χ4v) is 4.41. The second kappa shape index (κ2) is 9.50. The molecule has 0 saturated carbocycles. The summed E-state index contributed by atoms with van der Waals surface area (Å²) in [6.45, 7) is 3.74. The number of methoxy groups -OCH3 is 1. The summed E-state index contributed by atoms with van der Waals surface area (Å²) in [7, 11) is 1.50. The van der Waals surface area contributed by atoms with E-state index in [1.54, 1.807) is 49.4 Å². The first-order valence-electron chi connectivity index (χ1n) is 10.2. The maximum Gasteiger partial charge on any atom is 0.323 e. The lowest BCUT2D eigenvalue weighted by atomic mass is 10.0. The normalized spacial score (nSPS) is 19.2. The van der Waals surface area contributed by atoms with Gasteiger partial charge in [0.25, 0.3) is 5.91 Å². The number of ketones is 1. The van der Waals surface area contributed by atoms with Gasteiger partial charge < -0.3 is 18.9 Å². The first kappa shape index (κ1) is 22.6. The summed E-state index contributed by atoms with van der Waals surface area (Å²) in [6, 6.07) is 10.2. The van der Waals surface area contributed by atoms with Gasteiger partial charge in [0.15, 0.2) is 23.2 Å². The lowest BCUT2D eigenvalue weighted by molar-refractivity contribution is -0.147. The molecule has 1 saturated heterocycles. The SMILES string of the molecule is CCOC(=O)C1C(=O)/C(=C/c2cc3c(cc2OC)OCO3)SC1=NC(=O)c1ccc(C)cc1. The van der Waals surface area contributed by atoms with E-state index in [0.29, 0.717) is 28.4 Å². The summed E-state index contributed by atoms with van der Waals surface area (Å²) in [6.07, 6.45) is 1.58. The minimum atomic E-state index is -1.30. The molecular weight excluding hydrogens is 446 g/mol. The predicted molar refractivity (Wildman–Crippen MR) is 123 cm³/mol. The zero-order valence-corrected chi connectivity index (χ0v) is 19.1. The molecule has 0 spiro atoms. The number of carbonyl (C=O) groups excluding carboxylic acids is 3. The van der Waals surface area contributed by atoms with Crippen molar-refractivity contribution in [2.24, 2.45) is 10.9 Å². The van der Waals surface area contributed by atoms with Crippen LogP contribution in [0.5, 0.6) is 17.2 Å². The molecule has 4 rings (SSSR count). The van der Waals surface area contributed by atoms with Gasteiger partial charge in [-0.2, -0.15) is 0 Å². The summed E-state index contributed by atoms with van der Waals surface area (Å²) in [5.74, 6) is -1.55. The van der Waals surface area contributed by atoms with Crippen molar-refractivity contribution in [1.29, 1.82) is 0 Å². The van der Waals surface area contributed by atoms with E-state index < -0.39 is 23.6 Å². The van der Waals surface area contributed by atoms with Crippen LogP contribution in [0.25, 0.3) is 6.08 Å². The van der Waals surface area contributed by atoms with Crippen LogP contribution in [-0.4, -0.2) is 43.2 Å². The number of aliphatic imine (C=N–C) groups is 1. The van der Waals surface area contributed by atoms with E-state index in [-0.39, 0.29) is 23.3 Å². The monoisotopic (exact) mass is 467 g/mol. The standard InChI is InChI=1S/C24H21NO7S/c1-4-30-24(28)20-21(26)19(10-15-9-17-18(32-12-31-17)11-16(15)29-3)33-23(20)25-22(27)14-7-5-13(2)6-8-14/h5-11,20H,4,12H2,1-3H3/b19-10-,25-23?.